The number of ketones is 1. The van der Waals surface area contributed by atoms with Gasteiger partial charge in [-0.1, -0.05) is 20.3 Å². The minimum atomic E-state index is -0.877. The minimum Gasteiger partial charge on any atom is -0.453 e. The highest BCUT2D eigenvalue weighted by Crippen LogP contribution is 2.33. The maximum atomic E-state index is 12.5. The Morgan fingerprint density at radius 2 is 2.10 bits per heavy atom. The van der Waals surface area contributed by atoms with Crippen molar-refractivity contribution in [2.45, 2.75) is 52.5 Å². The number of aromatic amines is 1. The Morgan fingerprint density at radius 3 is 2.79 bits per heavy atom. The Labute approximate surface area is 171 Å². The fourth-order valence-electron chi connectivity index (χ4n) is 3.63. The monoisotopic (exact) mass is 419 g/mol. The van der Waals surface area contributed by atoms with Crippen LogP contribution in [-0.4, -0.2) is 27.9 Å². The summed E-state index contributed by atoms with van der Waals surface area (Å²) in [6.07, 6.45) is 4.74. The van der Waals surface area contributed by atoms with E-state index in [1.54, 1.807) is 0 Å². The number of hydrogen-bond donors (Lipinski definition) is 2. The summed E-state index contributed by atoms with van der Waals surface area (Å²) in [6, 6.07) is 1.84. The molecule has 0 aliphatic heterocycles. The topological polar surface area (TPSA) is 124 Å². The second-order valence-electron chi connectivity index (χ2n) is 7.25. The lowest BCUT2D eigenvalue weighted by Crippen LogP contribution is -2.37. The quantitative estimate of drug-likeness (QED) is 0.523. The summed E-state index contributed by atoms with van der Waals surface area (Å²) in [4.78, 5) is 52.5. The Hall–Kier alpha value is -2.68. The molecule has 0 spiro atoms. The molecular weight excluding hydrogens is 394 g/mol. The van der Waals surface area contributed by atoms with Crippen LogP contribution in [0.1, 0.15) is 63.6 Å². The van der Waals surface area contributed by atoms with Gasteiger partial charge in [-0.3, -0.25) is 19.1 Å². The number of carbonyl (C=O) groups is 2. The van der Waals surface area contributed by atoms with Gasteiger partial charge in [-0.2, -0.15) is 0 Å². The van der Waals surface area contributed by atoms with Crippen molar-refractivity contribution in [3.63, 3.8) is 0 Å². The zero-order chi connectivity index (χ0) is 21.1. The number of aromatic nitrogens is 2. The molecule has 0 bridgehead atoms. The normalized spacial score (nSPS) is 15.7. The van der Waals surface area contributed by atoms with Crippen LogP contribution in [0.2, 0.25) is 0 Å². The van der Waals surface area contributed by atoms with E-state index in [-0.39, 0.29) is 17.9 Å². The number of hydrogen-bond acceptors (Lipinski definition) is 7. The molecule has 1 atom stereocenters. The highest BCUT2D eigenvalue weighted by atomic mass is 32.1. The molecule has 2 aromatic rings. The van der Waals surface area contributed by atoms with Crippen LogP contribution in [0.4, 0.5) is 5.82 Å². The van der Waals surface area contributed by atoms with E-state index < -0.39 is 29.6 Å². The first-order chi connectivity index (χ1) is 13.8. The van der Waals surface area contributed by atoms with E-state index in [1.807, 2.05) is 13.0 Å². The van der Waals surface area contributed by atoms with E-state index in [4.69, 9.17) is 10.5 Å². The lowest BCUT2D eigenvalue weighted by molar-refractivity contribution is 0.0479. The number of rotatable bonds is 7. The molecule has 2 heterocycles. The van der Waals surface area contributed by atoms with Crippen molar-refractivity contribution < 1.29 is 14.3 Å². The number of nitrogen functional groups attached to an aromatic ring is 1. The van der Waals surface area contributed by atoms with Crippen molar-refractivity contribution in [3.8, 4) is 0 Å². The molecule has 1 unspecified atom stereocenters. The predicted octanol–water partition coefficient (Wildman–Crippen LogP) is 2.14. The van der Waals surface area contributed by atoms with E-state index in [2.05, 4.69) is 11.9 Å². The van der Waals surface area contributed by atoms with Crippen LogP contribution in [0.25, 0.3) is 0 Å². The number of fused-ring (bicyclic) bond motifs is 1. The second-order valence-corrected chi connectivity index (χ2v) is 8.38. The molecule has 3 rings (SSSR count). The van der Waals surface area contributed by atoms with Gasteiger partial charge in [-0.05, 0) is 43.2 Å². The van der Waals surface area contributed by atoms with Crippen molar-refractivity contribution in [2.75, 3.05) is 12.3 Å². The average molecular weight is 420 g/mol. The molecule has 0 amide bonds. The number of nitrogens with one attached hydrogen (secondary N) is 1. The van der Waals surface area contributed by atoms with Crippen molar-refractivity contribution in [1.82, 2.24) is 9.55 Å². The van der Waals surface area contributed by atoms with Gasteiger partial charge in [0.15, 0.2) is 6.61 Å². The molecule has 0 saturated heterocycles. The molecule has 29 heavy (non-hydrogen) atoms. The number of nitrogens with two attached hydrogens (primary N) is 1. The van der Waals surface area contributed by atoms with Crippen LogP contribution in [0.15, 0.2) is 15.7 Å². The first kappa shape index (κ1) is 21.0. The molecular formula is C20H25N3O5S. The lowest BCUT2D eigenvalue weighted by Gasteiger charge is -2.19. The zero-order valence-electron chi connectivity index (χ0n) is 16.6. The highest BCUT2D eigenvalue weighted by molar-refractivity contribution is 7.14. The largest absolute Gasteiger partial charge is 0.453 e. The van der Waals surface area contributed by atoms with Gasteiger partial charge in [0, 0.05) is 11.4 Å². The highest BCUT2D eigenvalue weighted by Gasteiger charge is 2.24. The number of aryl methyl sites for hydroxylation is 1. The smallest absolute Gasteiger partial charge is 0.348 e. The Morgan fingerprint density at radius 1 is 1.34 bits per heavy atom. The second kappa shape index (κ2) is 8.77. The van der Waals surface area contributed by atoms with Gasteiger partial charge < -0.3 is 10.5 Å². The first-order valence-corrected chi connectivity index (χ1v) is 10.6. The zero-order valence-corrected chi connectivity index (χ0v) is 17.4. The summed E-state index contributed by atoms with van der Waals surface area (Å²) in [5.74, 6) is -0.910. The van der Waals surface area contributed by atoms with Gasteiger partial charge in [-0.15, -0.1) is 11.3 Å². The van der Waals surface area contributed by atoms with E-state index in [1.165, 1.54) is 21.8 Å². The number of thiophene rings is 1. The molecule has 0 aromatic carbocycles. The van der Waals surface area contributed by atoms with Gasteiger partial charge in [0.05, 0.1) is 0 Å². The van der Waals surface area contributed by atoms with E-state index in [0.29, 0.717) is 17.2 Å². The molecule has 8 nitrogen and oxygen atoms in total. The Kier molecular flexibility index (Phi) is 6.36. The number of ether oxygens (including phenoxy) is 1. The number of H-pyrrole nitrogens is 1. The summed E-state index contributed by atoms with van der Waals surface area (Å²) in [5, 5.41) is 0. The van der Waals surface area contributed by atoms with Crippen LogP contribution >= 0.6 is 11.3 Å². The molecule has 0 saturated carbocycles. The third-order valence-corrected chi connectivity index (χ3v) is 6.48. The van der Waals surface area contributed by atoms with Crippen LogP contribution in [0, 0.1) is 5.92 Å². The van der Waals surface area contributed by atoms with E-state index in [0.717, 1.165) is 30.3 Å². The van der Waals surface area contributed by atoms with Gasteiger partial charge in [-0.25, -0.2) is 9.59 Å². The van der Waals surface area contributed by atoms with Crippen LogP contribution in [0.3, 0.4) is 0 Å². The van der Waals surface area contributed by atoms with E-state index >= 15 is 0 Å². The SMILES string of the molecule is CCCn1c(N)c(C(=O)COC(=O)c2cc3c(s2)CCC(CC)C3)c(=O)[nH]c1=O. The number of esters is 1. The first-order valence-electron chi connectivity index (χ1n) is 9.80. The van der Waals surface area contributed by atoms with Crippen molar-refractivity contribution in [2.24, 2.45) is 5.92 Å². The maximum absolute atomic E-state index is 12.5. The fraction of sp³-hybridized carbons (Fsp3) is 0.500. The molecule has 2 aromatic heterocycles. The standard InChI is InChI=1S/C20H25N3O5S/c1-3-7-23-17(21)16(18(25)22-20(23)27)13(24)10-28-19(26)15-9-12-8-11(4-2)5-6-14(12)29-15/h9,11H,3-8,10,21H2,1-2H3,(H,22,25,27). The van der Waals surface area contributed by atoms with Gasteiger partial charge in [0.25, 0.3) is 5.56 Å². The Bertz CT molecular complexity index is 1050. The summed E-state index contributed by atoms with van der Waals surface area (Å²) < 4.78 is 6.27. The average Bonchev–Trinajstić information content (AvgIpc) is 3.12. The number of carbonyl (C=O) groups excluding carboxylic acids is 2. The Balaban J connectivity index is 1.72. The summed E-state index contributed by atoms with van der Waals surface area (Å²) in [5.41, 5.74) is 5.14. The maximum Gasteiger partial charge on any atom is 0.348 e. The predicted molar refractivity (Wildman–Crippen MR) is 111 cm³/mol. The van der Waals surface area contributed by atoms with Crippen molar-refractivity contribution in [1.29, 1.82) is 0 Å². The minimum absolute atomic E-state index is 0.209. The van der Waals surface area contributed by atoms with Crippen LogP contribution < -0.4 is 17.0 Å². The van der Waals surface area contributed by atoms with Crippen LogP contribution in [0.5, 0.6) is 0 Å². The number of nitrogens with zero attached hydrogens (tertiary/aromatic N) is 1. The van der Waals surface area contributed by atoms with E-state index in [9.17, 15) is 19.2 Å². The molecule has 1 aliphatic carbocycles. The number of anilines is 1. The molecule has 156 valence electrons. The molecule has 9 heteroatoms. The van der Waals surface area contributed by atoms with Gasteiger partial charge in [0.2, 0.25) is 5.78 Å². The lowest BCUT2D eigenvalue weighted by atomic mass is 9.87. The van der Waals surface area contributed by atoms with Crippen molar-refractivity contribution in [3.05, 3.63) is 47.8 Å². The third-order valence-electron chi connectivity index (χ3n) is 5.26. The summed E-state index contributed by atoms with van der Waals surface area (Å²) in [7, 11) is 0. The van der Waals surface area contributed by atoms with Crippen LogP contribution in [-0.2, 0) is 24.1 Å². The summed E-state index contributed by atoms with van der Waals surface area (Å²) in [6.45, 7) is 3.65. The van der Waals surface area contributed by atoms with Gasteiger partial charge in [0.1, 0.15) is 16.3 Å². The molecule has 0 radical (unpaired) electrons. The number of Topliss-reactive ketones (excluding diaryl/α,β-unsaturated/α-hetero) is 1. The summed E-state index contributed by atoms with van der Waals surface area (Å²) >= 11 is 1.40. The molecule has 1 aliphatic rings. The third kappa shape index (κ3) is 4.34. The molecule has 3 N–H and O–H groups in total. The fourth-order valence-corrected chi connectivity index (χ4v) is 4.73. The van der Waals surface area contributed by atoms with Gasteiger partial charge >= 0.3 is 11.7 Å². The van der Waals surface area contributed by atoms with Crippen molar-refractivity contribution >= 4 is 28.9 Å². The molecule has 0 fully saturated rings.